The largest absolute Gasteiger partial charge is 0.479 e. The first-order valence-electron chi connectivity index (χ1n) is 3.64. The first-order valence-corrected chi connectivity index (χ1v) is 4.90. The van der Waals surface area contributed by atoms with E-state index < -0.39 is 19.8 Å². The van der Waals surface area contributed by atoms with Crippen LogP contribution in [0.3, 0.4) is 0 Å². The fourth-order valence-electron chi connectivity index (χ4n) is 0.908. The summed E-state index contributed by atoms with van der Waals surface area (Å²) in [4.78, 5) is 19.1. The smallest absolute Gasteiger partial charge is 0.336 e. The summed E-state index contributed by atoms with van der Waals surface area (Å²) in [6.45, 7) is 3.20. The molecule has 0 aromatic carbocycles. The lowest BCUT2D eigenvalue weighted by Gasteiger charge is -2.24. The highest BCUT2D eigenvalue weighted by atomic mass is 31.1. The predicted octanol–water partition coefficient (Wildman–Crippen LogP) is 1.03. The molecule has 72 valence electrons. The lowest BCUT2D eigenvalue weighted by Crippen LogP contribution is -2.38. The summed E-state index contributed by atoms with van der Waals surface area (Å²) in [7, 11) is -3.19. The average molecular weight is 196 g/mol. The summed E-state index contributed by atoms with van der Waals surface area (Å²) >= 11 is 0. The molecular formula is C6H13O5P. The fourth-order valence-corrected chi connectivity index (χ4v) is 1.62. The van der Waals surface area contributed by atoms with Crippen LogP contribution in [0.15, 0.2) is 0 Å². The molecule has 0 aromatic heterocycles. The molecular weight excluding hydrogens is 183 g/mol. The van der Waals surface area contributed by atoms with Gasteiger partial charge < -0.3 is 10.00 Å². The summed E-state index contributed by atoms with van der Waals surface area (Å²) in [6.07, 6.45) is 0.353. The molecule has 0 heterocycles. The van der Waals surface area contributed by atoms with Crippen LogP contribution in [0, 0.1) is 0 Å². The van der Waals surface area contributed by atoms with Gasteiger partial charge in [0.05, 0.1) is 0 Å². The van der Waals surface area contributed by atoms with E-state index in [9.17, 15) is 9.36 Å². The quantitative estimate of drug-likeness (QED) is 0.641. The molecule has 0 aliphatic rings. The lowest BCUT2D eigenvalue weighted by atomic mass is 9.98. The Labute approximate surface area is 71.3 Å². The lowest BCUT2D eigenvalue weighted by molar-refractivity contribution is -0.156. The van der Waals surface area contributed by atoms with Gasteiger partial charge in [0.2, 0.25) is 0 Å². The van der Waals surface area contributed by atoms with Gasteiger partial charge in [-0.3, -0.25) is 9.09 Å². The SMILES string of the molecule is CCC(CC)(O[PH](=O)O)C(=O)O. The molecule has 1 unspecified atom stereocenters. The Kier molecular flexibility index (Phi) is 4.45. The molecule has 2 N–H and O–H groups in total. The van der Waals surface area contributed by atoms with E-state index in [4.69, 9.17) is 10.00 Å². The Balaban J connectivity index is 4.58. The van der Waals surface area contributed by atoms with Gasteiger partial charge in [0.25, 0.3) is 0 Å². The molecule has 0 fully saturated rings. The van der Waals surface area contributed by atoms with Gasteiger partial charge in [-0.1, -0.05) is 13.8 Å². The van der Waals surface area contributed by atoms with Crippen molar-refractivity contribution in [1.29, 1.82) is 0 Å². The summed E-state index contributed by atoms with van der Waals surface area (Å²) in [5, 5.41) is 8.71. The minimum atomic E-state index is -3.19. The first-order chi connectivity index (χ1) is 5.48. The van der Waals surface area contributed by atoms with Crippen LogP contribution >= 0.6 is 8.25 Å². The molecule has 0 spiro atoms. The zero-order chi connectivity index (χ0) is 9.78. The third-order valence-electron chi connectivity index (χ3n) is 1.81. The van der Waals surface area contributed by atoms with E-state index in [1.54, 1.807) is 13.8 Å². The Morgan fingerprint density at radius 2 is 1.92 bits per heavy atom. The van der Waals surface area contributed by atoms with Gasteiger partial charge in [0.1, 0.15) is 0 Å². The molecule has 0 radical (unpaired) electrons. The van der Waals surface area contributed by atoms with E-state index in [2.05, 4.69) is 4.52 Å². The third kappa shape index (κ3) is 2.59. The van der Waals surface area contributed by atoms with Crippen molar-refractivity contribution in [2.45, 2.75) is 32.3 Å². The summed E-state index contributed by atoms with van der Waals surface area (Å²) in [5.41, 5.74) is -1.50. The molecule has 5 nitrogen and oxygen atoms in total. The van der Waals surface area contributed by atoms with E-state index in [0.717, 1.165) is 0 Å². The average Bonchev–Trinajstić information content (AvgIpc) is 1.99. The van der Waals surface area contributed by atoms with Gasteiger partial charge in [0.15, 0.2) is 5.60 Å². The van der Waals surface area contributed by atoms with Gasteiger partial charge in [-0.25, -0.2) is 4.79 Å². The molecule has 0 aromatic rings. The monoisotopic (exact) mass is 196 g/mol. The first kappa shape index (κ1) is 11.6. The summed E-state index contributed by atoms with van der Waals surface area (Å²) < 4.78 is 14.8. The summed E-state index contributed by atoms with van der Waals surface area (Å²) in [6, 6.07) is 0. The second kappa shape index (κ2) is 4.60. The standard InChI is InChI=1S/C6H13O5P/c1-3-6(4-2,5(7)8)11-12(9)10/h12H,3-4H2,1-2H3,(H,7,8)(H,9,10). The second-order valence-corrected chi connectivity index (χ2v) is 3.11. The van der Waals surface area contributed by atoms with E-state index in [1.807, 2.05) is 0 Å². The van der Waals surface area contributed by atoms with Crippen LogP contribution in [-0.2, 0) is 13.9 Å². The van der Waals surface area contributed by atoms with Crippen LogP contribution in [0.25, 0.3) is 0 Å². The van der Waals surface area contributed by atoms with E-state index in [1.165, 1.54) is 0 Å². The van der Waals surface area contributed by atoms with Crippen molar-refractivity contribution in [2.24, 2.45) is 0 Å². The molecule has 0 aliphatic heterocycles. The number of carbonyl (C=O) groups is 1. The predicted molar refractivity (Wildman–Crippen MR) is 43.3 cm³/mol. The van der Waals surface area contributed by atoms with Gasteiger partial charge in [0, 0.05) is 0 Å². The molecule has 12 heavy (non-hydrogen) atoms. The Hall–Kier alpha value is -0.380. The van der Waals surface area contributed by atoms with Gasteiger partial charge in [-0.15, -0.1) is 0 Å². The van der Waals surface area contributed by atoms with Crippen molar-refractivity contribution < 1.29 is 23.9 Å². The highest BCUT2D eigenvalue weighted by Gasteiger charge is 2.37. The van der Waals surface area contributed by atoms with Crippen LogP contribution in [0.4, 0.5) is 0 Å². The molecule has 1 atom stereocenters. The number of hydrogen-bond donors (Lipinski definition) is 2. The Bertz CT molecular complexity index is 186. The number of hydrogen-bond acceptors (Lipinski definition) is 3. The maximum absolute atomic E-state index is 10.7. The number of rotatable bonds is 5. The maximum atomic E-state index is 10.7. The molecule has 0 bridgehead atoms. The van der Waals surface area contributed by atoms with E-state index in [0.29, 0.717) is 0 Å². The van der Waals surface area contributed by atoms with Crippen LogP contribution in [0.1, 0.15) is 26.7 Å². The minimum absolute atomic E-state index is 0.176. The summed E-state index contributed by atoms with van der Waals surface area (Å²) in [5.74, 6) is -1.19. The fraction of sp³-hybridized carbons (Fsp3) is 0.833. The Morgan fingerprint density at radius 3 is 2.00 bits per heavy atom. The third-order valence-corrected chi connectivity index (χ3v) is 2.38. The molecule has 0 rings (SSSR count). The topological polar surface area (TPSA) is 83.8 Å². The van der Waals surface area contributed by atoms with E-state index in [-0.39, 0.29) is 12.8 Å². The highest BCUT2D eigenvalue weighted by molar-refractivity contribution is 7.32. The van der Waals surface area contributed by atoms with E-state index >= 15 is 0 Å². The van der Waals surface area contributed by atoms with Crippen molar-refractivity contribution in [3.05, 3.63) is 0 Å². The van der Waals surface area contributed by atoms with Crippen molar-refractivity contribution in [3.63, 3.8) is 0 Å². The van der Waals surface area contributed by atoms with Crippen molar-refractivity contribution >= 4 is 14.2 Å². The van der Waals surface area contributed by atoms with Gasteiger partial charge in [-0.2, -0.15) is 0 Å². The van der Waals surface area contributed by atoms with Crippen LogP contribution in [-0.4, -0.2) is 21.6 Å². The van der Waals surface area contributed by atoms with Crippen molar-refractivity contribution in [3.8, 4) is 0 Å². The molecule has 0 saturated carbocycles. The zero-order valence-electron chi connectivity index (χ0n) is 7.03. The number of carboxylic acids is 1. The van der Waals surface area contributed by atoms with Gasteiger partial charge >= 0.3 is 14.2 Å². The second-order valence-electron chi connectivity index (χ2n) is 2.37. The number of carboxylic acid groups (broad SMARTS) is 1. The number of aliphatic carboxylic acids is 1. The van der Waals surface area contributed by atoms with Crippen molar-refractivity contribution in [2.75, 3.05) is 0 Å². The molecule has 0 saturated heterocycles. The van der Waals surface area contributed by atoms with Crippen LogP contribution in [0.5, 0.6) is 0 Å². The maximum Gasteiger partial charge on any atom is 0.336 e. The van der Waals surface area contributed by atoms with Gasteiger partial charge in [-0.05, 0) is 12.8 Å². The van der Waals surface area contributed by atoms with Crippen LogP contribution in [0.2, 0.25) is 0 Å². The normalized spacial score (nSPS) is 14.2. The zero-order valence-corrected chi connectivity index (χ0v) is 8.03. The van der Waals surface area contributed by atoms with Crippen molar-refractivity contribution in [1.82, 2.24) is 0 Å². The highest BCUT2D eigenvalue weighted by Crippen LogP contribution is 2.31. The minimum Gasteiger partial charge on any atom is -0.479 e. The molecule has 6 heteroatoms. The molecule has 0 aliphatic carbocycles. The Morgan fingerprint density at radius 1 is 1.50 bits per heavy atom. The molecule has 0 amide bonds. The van der Waals surface area contributed by atoms with Crippen LogP contribution < -0.4 is 0 Å².